The molecule has 94 valence electrons. The highest BCUT2D eigenvalue weighted by atomic mass is 79.9. The van der Waals surface area contributed by atoms with Gasteiger partial charge in [-0.15, -0.1) is 0 Å². The van der Waals surface area contributed by atoms with Crippen molar-refractivity contribution < 1.29 is 9.53 Å². The second-order valence-electron chi connectivity index (χ2n) is 4.73. The van der Waals surface area contributed by atoms with Gasteiger partial charge in [0.25, 0.3) is 0 Å². The van der Waals surface area contributed by atoms with Crippen LogP contribution in [0.5, 0.6) is 0 Å². The molecule has 1 saturated heterocycles. The van der Waals surface area contributed by atoms with Gasteiger partial charge in [0.15, 0.2) is 0 Å². The standard InChI is InChI=1S/C12H22BrNO2/c1-10(2)5-8-16-9-7-14-6-3-4-11(13)12(14)15/h10-11H,3-9H2,1-2H3. The third-order valence-corrected chi connectivity index (χ3v) is 3.66. The Hall–Kier alpha value is -0.0900. The zero-order chi connectivity index (χ0) is 12.0. The molecule has 0 radical (unpaired) electrons. The number of carbonyl (C=O) groups excluding carboxylic acids is 1. The lowest BCUT2D eigenvalue weighted by atomic mass is 10.1. The fraction of sp³-hybridized carbons (Fsp3) is 0.917. The van der Waals surface area contributed by atoms with Crippen molar-refractivity contribution in [3.63, 3.8) is 0 Å². The second kappa shape index (κ2) is 7.28. The van der Waals surface area contributed by atoms with Crippen molar-refractivity contribution in [1.29, 1.82) is 0 Å². The lowest BCUT2D eigenvalue weighted by molar-refractivity contribution is -0.133. The zero-order valence-corrected chi connectivity index (χ0v) is 11.8. The Morgan fingerprint density at radius 1 is 1.50 bits per heavy atom. The molecule has 1 rings (SSSR count). The van der Waals surface area contributed by atoms with Gasteiger partial charge in [0.2, 0.25) is 5.91 Å². The Bertz CT molecular complexity index is 221. The summed E-state index contributed by atoms with van der Waals surface area (Å²) in [5.74, 6) is 0.905. The van der Waals surface area contributed by atoms with E-state index >= 15 is 0 Å². The van der Waals surface area contributed by atoms with Crippen LogP contribution in [0.15, 0.2) is 0 Å². The summed E-state index contributed by atoms with van der Waals surface area (Å²) in [5.41, 5.74) is 0. The van der Waals surface area contributed by atoms with Gasteiger partial charge in [-0.25, -0.2) is 0 Å². The molecule has 0 aromatic carbocycles. The van der Waals surface area contributed by atoms with E-state index in [-0.39, 0.29) is 10.7 Å². The van der Waals surface area contributed by atoms with Crippen molar-refractivity contribution in [3.8, 4) is 0 Å². The van der Waals surface area contributed by atoms with Gasteiger partial charge < -0.3 is 9.64 Å². The molecule has 3 nitrogen and oxygen atoms in total. The van der Waals surface area contributed by atoms with Crippen LogP contribution in [-0.2, 0) is 9.53 Å². The van der Waals surface area contributed by atoms with Gasteiger partial charge in [-0.2, -0.15) is 0 Å². The van der Waals surface area contributed by atoms with Gasteiger partial charge >= 0.3 is 0 Å². The summed E-state index contributed by atoms with van der Waals surface area (Å²) in [7, 11) is 0. The predicted octanol–water partition coefficient (Wildman–Crippen LogP) is 2.44. The summed E-state index contributed by atoms with van der Waals surface area (Å²) in [4.78, 5) is 13.6. The van der Waals surface area contributed by atoms with Crippen LogP contribution >= 0.6 is 15.9 Å². The highest BCUT2D eigenvalue weighted by Crippen LogP contribution is 2.17. The number of likely N-dealkylation sites (tertiary alicyclic amines) is 1. The van der Waals surface area contributed by atoms with E-state index < -0.39 is 0 Å². The van der Waals surface area contributed by atoms with Crippen molar-refractivity contribution >= 4 is 21.8 Å². The summed E-state index contributed by atoms with van der Waals surface area (Å²) in [5, 5.41) is 0. The Morgan fingerprint density at radius 2 is 2.25 bits per heavy atom. The van der Waals surface area contributed by atoms with E-state index in [1.54, 1.807) is 0 Å². The number of alkyl halides is 1. The van der Waals surface area contributed by atoms with Crippen LogP contribution in [0.25, 0.3) is 0 Å². The van der Waals surface area contributed by atoms with E-state index in [1.165, 1.54) is 0 Å². The minimum absolute atomic E-state index is 0.0249. The van der Waals surface area contributed by atoms with E-state index in [0.29, 0.717) is 12.5 Å². The van der Waals surface area contributed by atoms with E-state index in [9.17, 15) is 4.79 Å². The minimum Gasteiger partial charge on any atom is -0.380 e. The molecule has 0 aromatic rings. The van der Waals surface area contributed by atoms with Crippen LogP contribution in [0.4, 0.5) is 0 Å². The molecule has 1 amide bonds. The van der Waals surface area contributed by atoms with Crippen molar-refractivity contribution in [2.75, 3.05) is 26.3 Å². The largest absolute Gasteiger partial charge is 0.380 e. The van der Waals surface area contributed by atoms with Gasteiger partial charge in [0.05, 0.1) is 11.4 Å². The fourth-order valence-corrected chi connectivity index (χ4v) is 2.32. The van der Waals surface area contributed by atoms with Crippen LogP contribution in [0.3, 0.4) is 0 Å². The molecule has 1 aliphatic heterocycles. The highest BCUT2D eigenvalue weighted by Gasteiger charge is 2.25. The summed E-state index contributed by atoms with van der Waals surface area (Å²) in [6, 6.07) is 0. The monoisotopic (exact) mass is 291 g/mol. The number of hydrogen-bond acceptors (Lipinski definition) is 2. The van der Waals surface area contributed by atoms with Crippen molar-refractivity contribution in [3.05, 3.63) is 0 Å². The molecular weight excluding hydrogens is 270 g/mol. The molecule has 4 heteroatoms. The first-order valence-corrected chi connectivity index (χ1v) is 7.03. The quantitative estimate of drug-likeness (QED) is 0.556. The first-order chi connectivity index (χ1) is 7.61. The molecule has 1 aliphatic rings. The fourth-order valence-electron chi connectivity index (χ4n) is 1.71. The lowest BCUT2D eigenvalue weighted by Gasteiger charge is -2.29. The Labute approximate surface area is 107 Å². The molecule has 0 N–H and O–H groups in total. The van der Waals surface area contributed by atoms with E-state index in [0.717, 1.165) is 39.0 Å². The SMILES string of the molecule is CC(C)CCOCCN1CCCC(Br)C1=O. The maximum Gasteiger partial charge on any atom is 0.236 e. The predicted molar refractivity (Wildman–Crippen MR) is 68.8 cm³/mol. The first-order valence-electron chi connectivity index (χ1n) is 6.12. The van der Waals surface area contributed by atoms with Gasteiger partial charge in [-0.1, -0.05) is 29.8 Å². The minimum atomic E-state index is 0.0249. The van der Waals surface area contributed by atoms with Gasteiger partial charge in [0, 0.05) is 19.7 Å². The molecule has 1 heterocycles. The average molecular weight is 292 g/mol. The first kappa shape index (κ1) is 14.0. The zero-order valence-electron chi connectivity index (χ0n) is 10.2. The molecular formula is C12H22BrNO2. The maximum absolute atomic E-state index is 11.7. The van der Waals surface area contributed by atoms with E-state index in [4.69, 9.17) is 4.74 Å². The molecule has 0 spiro atoms. The summed E-state index contributed by atoms with van der Waals surface area (Å²) in [6.45, 7) is 7.46. The smallest absolute Gasteiger partial charge is 0.236 e. The third kappa shape index (κ3) is 4.83. The normalized spacial score (nSPS) is 21.9. The van der Waals surface area contributed by atoms with E-state index in [2.05, 4.69) is 29.8 Å². The number of rotatable bonds is 6. The topological polar surface area (TPSA) is 29.5 Å². The molecule has 0 aliphatic carbocycles. The Morgan fingerprint density at radius 3 is 2.94 bits per heavy atom. The molecule has 0 saturated carbocycles. The second-order valence-corrected chi connectivity index (χ2v) is 5.84. The highest BCUT2D eigenvalue weighted by molar-refractivity contribution is 9.10. The molecule has 16 heavy (non-hydrogen) atoms. The number of carbonyl (C=O) groups is 1. The lowest BCUT2D eigenvalue weighted by Crippen LogP contribution is -2.43. The summed E-state index contributed by atoms with van der Waals surface area (Å²) < 4.78 is 5.52. The molecule has 1 unspecified atom stereocenters. The Kier molecular flexibility index (Phi) is 6.36. The third-order valence-electron chi connectivity index (χ3n) is 2.81. The van der Waals surface area contributed by atoms with Gasteiger partial charge in [-0.3, -0.25) is 4.79 Å². The average Bonchev–Trinajstić information content (AvgIpc) is 2.23. The number of amides is 1. The number of piperidine rings is 1. The molecule has 1 atom stereocenters. The van der Waals surface area contributed by atoms with Crippen molar-refractivity contribution in [2.24, 2.45) is 5.92 Å². The number of ether oxygens (including phenoxy) is 1. The number of nitrogens with zero attached hydrogens (tertiary/aromatic N) is 1. The molecule has 1 fully saturated rings. The number of hydrogen-bond donors (Lipinski definition) is 0. The summed E-state index contributed by atoms with van der Waals surface area (Å²) in [6.07, 6.45) is 3.15. The van der Waals surface area contributed by atoms with Crippen LogP contribution < -0.4 is 0 Å². The van der Waals surface area contributed by atoms with Crippen LogP contribution in [-0.4, -0.2) is 41.9 Å². The van der Waals surface area contributed by atoms with E-state index in [1.807, 2.05) is 4.90 Å². The summed E-state index contributed by atoms with van der Waals surface area (Å²) >= 11 is 3.40. The van der Waals surface area contributed by atoms with Gasteiger partial charge in [0.1, 0.15) is 0 Å². The van der Waals surface area contributed by atoms with Gasteiger partial charge in [-0.05, 0) is 25.2 Å². The van der Waals surface area contributed by atoms with Crippen LogP contribution in [0.1, 0.15) is 33.1 Å². The maximum atomic E-state index is 11.7. The van der Waals surface area contributed by atoms with Crippen LogP contribution in [0.2, 0.25) is 0 Å². The van der Waals surface area contributed by atoms with Crippen molar-refractivity contribution in [1.82, 2.24) is 4.90 Å². The van der Waals surface area contributed by atoms with Crippen molar-refractivity contribution in [2.45, 2.75) is 37.9 Å². The number of halogens is 1. The Balaban J connectivity index is 2.10. The van der Waals surface area contributed by atoms with Crippen LogP contribution in [0, 0.1) is 5.92 Å². The molecule has 0 aromatic heterocycles. The molecule has 0 bridgehead atoms.